The first-order valence-corrected chi connectivity index (χ1v) is 6.88. The summed E-state index contributed by atoms with van der Waals surface area (Å²) in [4.78, 5) is 26.5. The molecule has 0 saturated carbocycles. The fourth-order valence-electron chi connectivity index (χ4n) is 2.31. The molecule has 1 aliphatic rings. The minimum Gasteiger partial charge on any atom is -0.343 e. The van der Waals surface area contributed by atoms with Gasteiger partial charge in [-0.2, -0.15) is 0 Å². The number of carbonyl (C=O) groups is 2. The molecule has 0 unspecified atom stereocenters. The monoisotopic (exact) mass is 275 g/mol. The molecule has 0 bridgehead atoms. The third-order valence-electron chi connectivity index (χ3n) is 3.80. The average Bonchev–Trinajstić information content (AvgIpc) is 2.45. The van der Waals surface area contributed by atoms with Gasteiger partial charge in [-0.15, -0.1) is 0 Å². The summed E-state index contributed by atoms with van der Waals surface area (Å²) in [5, 5.41) is 2.96. The van der Waals surface area contributed by atoms with Crippen molar-refractivity contribution in [3.63, 3.8) is 0 Å². The zero-order chi connectivity index (χ0) is 14.5. The van der Waals surface area contributed by atoms with Gasteiger partial charge in [0.25, 0.3) is 0 Å². The summed E-state index contributed by atoms with van der Waals surface area (Å²) < 4.78 is 0. The van der Waals surface area contributed by atoms with Gasteiger partial charge in [0.2, 0.25) is 12.3 Å². The number of hydrogen-bond donors (Lipinski definition) is 1. The van der Waals surface area contributed by atoms with E-state index in [1.165, 1.54) is 5.56 Å². The van der Waals surface area contributed by atoms with E-state index in [0.717, 1.165) is 30.8 Å². The van der Waals surface area contributed by atoms with E-state index in [9.17, 15) is 9.59 Å². The van der Waals surface area contributed by atoms with Crippen LogP contribution in [0, 0.1) is 13.8 Å². The highest BCUT2D eigenvalue weighted by atomic mass is 16.2. The Bertz CT molecular complexity index is 494. The maximum Gasteiger partial charge on any atom is 0.238 e. The number of carbonyl (C=O) groups excluding carboxylic acids is 2. The Labute approximate surface area is 119 Å². The maximum absolute atomic E-state index is 12.1. The Hall–Kier alpha value is -1.88. The van der Waals surface area contributed by atoms with E-state index in [1.807, 2.05) is 32.0 Å². The molecule has 0 atom stereocenters. The minimum atomic E-state index is -0.00162. The van der Waals surface area contributed by atoms with Crippen molar-refractivity contribution >= 4 is 18.0 Å². The molecule has 2 amide bonds. The van der Waals surface area contributed by atoms with Crippen molar-refractivity contribution in [2.45, 2.75) is 13.8 Å². The van der Waals surface area contributed by atoms with Crippen molar-refractivity contribution in [2.75, 3.05) is 38.0 Å². The molecule has 1 aliphatic heterocycles. The summed E-state index contributed by atoms with van der Waals surface area (Å²) in [6.45, 7) is 7.30. The number of nitrogens with one attached hydrogen (secondary N) is 1. The van der Waals surface area contributed by atoms with Crippen molar-refractivity contribution < 1.29 is 9.59 Å². The molecule has 1 fully saturated rings. The molecule has 5 nitrogen and oxygen atoms in total. The van der Waals surface area contributed by atoms with Crippen molar-refractivity contribution in [3.05, 3.63) is 29.3 Å². The van der Waals surface area contributed by atoms with Gasteiger partial charge in [-0.3, -0.25) is 14.5 Å². The number of anilines is 1. The summed E-state index contributed by atoms with van der Waals surface area (Å²) in [5.74, 6) is -0.00162. The molecule has 1 saturated heterocycles. The van der Waals surface area contributed by atoms with E-state index in [-0.39, 0.29) is 5.91 Å². The lowest BCUT2D eigenvalue weighted by atomic mass is 10.1. The summed E-state index contributed by atoms with van der Waals surface area (Å²) in [7, 11) is 0. The molecule has 0 aromatic heterocycles. The van der Waals surface area contributed by atoms with Gasteiger partial charge in [-0.1, -0.05) is 12.1 Å². The second-order valence-electron chi connectivity index (χ2n) is 5.21. The minimum absolute atomic E-state index is 0.00162. The van der Waals surface area contributed by atoms with Crippen LogP contribution >= 0.6 is 0 Å². The van der Waals surface area contributed by atoms with Gasteiger partial charge in [-0.25, -0.2) is 0 Å². The Morgan fingerprint density at radius 1 is 1.25 bits per heavy atom. The number of benzene rings is 1. The average molecular weight is 275 g/mol. The molecular weight excluding hydrogens is 254 g/mol. The summed E-state index contributed by atoms with van der Waals surface area (Å²) in [6, 6.07) is 5.90. The third kappa shape index (κ3) is 3.57. The van der Waals surface area contributed by atoms with Gasteiger partial charge in [0.05, 0.1) is 6.54 Å². The van der Waals surface area contributed by atoms with E-state index in [2.05, 4.69) is 10.2 Å². The maximum atomic E-state index is 12.1. The van der Waals surface area contributed by atoms with Crippen molar-refractivity contribution in [1.82, 2.24) is 9.80 Å². The standard InChI is InChI=1S/C15H21N3O2/c1-12-4-3-5-14(13(12)2)16-15(20)10-17-6-8-18(11-19)9-7-17/h3-5,11H,6-10H2,1-2H3,(H,16,20). The van der Waals surface area contributed by atoms with Crippen molar-refractivity contribution in [3.8, 4) is 0 Å². The molecule has 2 rings (SSSR count). The highest BCUT2D eigenvalue weighted by Gasteiger charge is 2.18. The molecule has 0 aliphatic carbocycles. The van der Waals surface area contributed by atoms with Crippen molar-refractivity contribution in [1.29, 1.82) is 0 Å². The van der Waals surface area contributed by atoms with E-state index < -0.39 is 0 Å². The fourth-order valence-corrected chi connectivity index (χ4v) is 2.31. The number of rotatable bonds is 4. The van der Waals surface area contributed by atoms with Crippen LogP contribution in [0.25, 0.3) is 0 Å². The molecule has 1 heterocycles. The summed E-state index contributed by atoms with van der Waals surface area (Å²) in [6.07, 6.45) is 0.869. The van der Waals surface area contributed by atoms with E-state index in [1.54, 1.807) is 4.90 Å². The fraction of sp³-hybridized carbons (Fsp3) is 0.467. The van der Waals surface area contributed by atoms with Crippen LogP contribution < -0.4 is 5.32 Å². The molecular formula is C15H21N3O2. The van der Waals surface area contributed by atoms with E-state index in [0.29, 0.717) is 19.6 Å². The van der Waals surface area contributed by atoms with Gasteiger partial charge < -0.3 is 10.2 Å². The van der Waals surface area contributed by atoms with E-state index >= 15 is 0 Å². The zero-order valence-corrected chi connectivity index (χ0v) is 12.1. The lowest BCUT2D eigenvalue weighted by Gasteiger charge is -2.31. The smallest absolute Gasteiger partial charge is 0.238 e. The SMILES string of the molecule is Cc1cccc(NC(=O)CN2CCN(C=O)CC2)c1C. The van der Waals surface area contributed by atoms with Crippen molar-refractivity contribution in [2.24, 2.45) is 0 Å². The van der Waals surface area contributed by atoms with Gasteiger partial charge in [0.1, 0.15) is 0 Å². The number of piperazine rings is 1. The molecule has 5 heteroatoms. The molecule has 20 heavy (non-hydrogen) atoms. The number of amides is 2. The Morgan fingerprint density at radius 2 is 1.95 bits per heavy atom. The van der Waals surface area contributed by atoms with Crippen LogP contribution in [-0.2, 0) is 9.59 Å². The van der Waals surface area contributed by atoms with Gasteiger partial charge >= 0.3 is 0 Å². The van der Waals surface area contributed by atoms with Crippen LogP contribution in [0.4, 0.5) is 5.69 Å². The highest BCUT2D eigenvalue weighted by molar-refractivity contribution is 5.93. The Balaban J connectivity index is 1.87. The van der Waals surface area contributed by atoms with Crippen LogP contribution in [0.2, 0.25) is 0 Å². The second-order valence-corrected chi connectivity index (χ2v) is 5.21. The molecule has 1 aromatic carbocycles. The van der Waals surface area contributed by atoms with Gasteiger partial charge in [0, 0.05) is 31.9 Å². The zero-order valence-electron chi connectivity index (χ0n) is 12.1. The Morgan fingerprint density at radius 3 is 2.60 bits per heavy atom. The lowest BCUT2D eigenvalue weighted by molar-refractivity contribution is -0.120. The van der Waals surface area contributed by atoms with Crippen LogP contribution in [0.15, 0.2) is 18.2 Å². The molecule has 0 radical (unpaired) electrons. The lowest BCUT2D eigenvalue weighted by Crippen LogP contribution is -2.48. The topological polar surface area (TPSA) is 52.7 Å². The predicted octanol–water partition coefficient (Wildman–Crippen LogP) is 1.02. The van der Waals surface area contributed by atoms with Crippen LogP contribution in [0.1, 0.15) is 11.1 Å². The first-order chi connectivity index (χ1) is 9.60. The van der Waals surface area contributed by atoms with Gasteiger partial charge in [0.15, 0.2) is 0 Å². The number of hydrogen-bond acceptors (Lipinski definition) is 3. The second kappa shape index (κ2) is 6.52. The quantitative estimate of drug-likeness (QED) is 0.835. The number of aryl methyl sites for hydroxylation is 1. The molecule has 108 valence electrons. The highest BCUT2D eigenvalue weighted by Crippen LogP contribution is 2.17. The first-order valence-electron chi connectivity index (χ1n) is 6.88. The molecule has 1 N–H and O–H groups in total. The summed E-state index contributed by atoms with van der Waals surface area (Å²) in [5.41, 5.74) is 3.15. The van der Waals surface area contributed by atoms with Crippen LogP contribution in [-0.4, -0.2) is 54.8 Å². The Kier molecular flexibility index (Phi) is 4.74. The molecule has 1 aromatic rings. The number of nitrogens with zero attached hydrogens (tertiary/aromatic N) is 2. The molecule has 0 spiro atoms. The van der Waals surface area contributed by atoms with E-state index in [4.69, 9.17) is 0 Å². The summed E-state index contributed by atoms with van der Waals surface area (Å²) >= 11 is 0. The van der Waals surface area contributed by atoms with Crippen LogP contribution in [0.3, 0.4) is 0 Å². The normalized spacial score (nSPS) is 16.0. The third-order valence-corrected chi connectivity index (χ3v) is 3.80. The first kappa shape index (κ1) is 14.5. The van der Waals surface area contributed by atoms with Gasteiger partial charge in [-0.05, 0) is 31.0 Å². The van der Waals surface area contributed by atoms with Crippen LogP contribution in [0.5, 0.6) is 0 Å². The predicted molar refractivity (Wildman–Crippen MR) is 78.6 cm³/mol. The largest absolute Gasteiger partial charge is 0.343 e.